The molecule has 1 aromatic carbocycles. The minimum atomic E-state index is -0.571. The van der Waals surface area contributed by atoms with Gasteiger partial charge in [-0.2, -0.15) is 5.10 Å². The van der Waals surface area contributed by atoms with Crippen LogP contribution in [0.2, 0.25) is 5.02 Å². The zero-order valence-electron chi connectivity index (χ0n) is 16.0. The lowest BCUT2D eigenvalue weighted by Gasteiger charge is -2.04. The largest absolute Gasteiger partial charge is 0.346 e. The lowest BCUT2D eigenvalue weighted by molar-refractivity contribution is 0.0950. The Morgan fingerprint density at radius 1 is 1.13 bits per heavy atom. The smallest absolute Gasteiger partial charge is 0.254 e. The van der Waals surface area contributed by atoms with Crippen LogP contribution in [0.15, 0.2) is 61.6 Å². The summed E-state index contributed by atoms with van der Waals surface area (Å²) < 4.78 is 17.5. The van der Waals surface area contributed by atoms with Gasteiger partial charge in [-0.15, -0.1) is 0 Å². The number of halogens is 2. The number of pyridine rings is 1. The van der Waals surface area contributed by atoms with Crippen LogP contribution in [-0.4, -0.2) is 35.0 Å². The third kappa shape index (κ3) is 3.71. The van der Waals surface area contributed by atoms with E-state index in [0.717, 1.165) is 16.6 Å². The minimum absolute atomic E-state index is 0.00141. The number of benzene rings is 1. The van der Waals surface area contributed by atoms with Crippen molar-refractivity contribution in [2.45, 2.75) is 13.1 Å². The SMILES string of the molecule is O=C(NCc1ncn2ccc(Cl)c(F)c12)c1cnn(Cc2ccc3nccnc3c2)c1. The Hall–Kier alpha value is -3.85. The van der Waals surface area contributed by atoms with Gasteiger partial charge in [-0.05, 0) is 23.8 Å². The van der Waals surface area contributed by atoms with Gasteiger partial charge in [0.25, 0.3) is 5.91 Å². The maximum absolute atomic E-state index is 14.3. The topological polar surface area (TPSA) is 90.0 Å². The van der Waals surface area contributed by atoms with Crippen molar-refractivity contribution in [3.05, 3.63) is 89.2 Å². The molecule has 0 atom stereocenters. The number of nitrogens with one attached hydrogen (secondary N) is 1. The van der Waals surface area contributed by atoms with Crippen molar-refractivity contribution in [3.8, 4) is 0 Å². The minimum Gasteiger partial charge on any atom is -0.346 e. The molecule has 0 spiro atoms. The molecule has 154 valence electrons. The molecule has 8 nitrogen and oxygen atoms in total. The van der Waals surface area contributed by atoms with Gasteiger partial charge in [0, 0.05) is 24.8 Å². The predicted octanol–water partition coefficient (Wildman–Crippen LogP) is 3.24. The van der Waals surface area contributed by atoms with E-state index in [2.05, 4.69) is 25.4 Å². The van der Waals surface area contributed by atoms with E-state index in [4.69, 9.17) is 11.6 Å². The van der Waals surface area contributed by atoms with Crippen molar-refractivity contribution in [2.75, 3.05) is 0 Å². The fourth-order valence-corrected chi connectivity index (χ4v) is 3.49. The summed E-state index contributed by atoms with van der Waals surface area (Å²) >= 11 is 5.85. The first-order valence-corrected chi connectivity index (χ1v) is 9.76. The van der Waals surface area contributed by atoms with Crippen LogP contribution in [0.4, 0.5) is 4.39 Å². The molecule has 31 heavy (non-hydrogen) atoms. The summed E-state index contributed by atoms with van der Waals surface area (Å²) in [5.41, 5.74) is 3.62. The molecule has 5 rings (SSSR count). The van der Waals surface area contributed by atoms with Crippen LogP contribution in [0.1, 0.15) is 21.6 Å². The Bertz CT molecular complexity index is 1430. The van der Waals surface area contributed by atoms with Gasteiger partial charge in [-0.3, -0.25) is 19.4 Å². The van der Waals surface area contributed by atoms with E-state index in [1.807, 2.05) is 18.2 Å². The van der Waals surface area contributed by atoms with Crippen molar-refractivity contribution in [2.24, 2.45) is 0 Å². The van der Waals surface area contributed by atoms with Crippen molar-refractivity contribution in [1.29, 1.82) is 0 Å². The normalized spacial score (nSPS) is 11.3. The first-order valence-electron chi connectivity index (χ1n) is 9.38. The second-order valence-electron chi connectivity index (χ2n) is 6.91. The second kappa shape index (κ2) is 7.77. The Morgan fingerprint density at radius 2 is 1.97 bits per heavy atom. The van der Waals surface area contributed by atoms with Gasteiger partial charge >= 0.3 is 0 Å². The molecule has 0 aliphatic carbocycles. The number of carbonyl (C=O) groups is 1. The highest BCUT2D eigenvalue weighted by molar-refractivity contribution is 6.31. The number of nitrogens with zero attached hydrogens (tertiary/aromatic N) is 6. The van der Waals surface area contributed by atoms with Gasteiger partial charge in [0.1, 0.15) is 5.52 Å². The maximum atomic E-state index is 14.3. The molecule has 0 aliphatic rings. The highest BCUT2D eigenvalue weighted by Crippen LogP contribution is 2.21. The van der Waals surface area contributed by atoms with E-state index >= 15 is 0 Å². The number of carbonyl (C=O) groups excluding carboxylic acids is 1. The van der Waals surface area contributed by atoms with Crippen LogP contribution < -0.4 is 5.32 Å². The Balaban J connectivity index is 1.28. The number of rotatable bonds is 5. The van der Waals surface area contributed by atoms with Gasteiger partial charge in [0.05, 0.1) is 52.9 Å². The lowest BCUT2D eigenvalue weighted by Crippen LogP contribution is -2.22. The van der Waals surface area contributed by atoms with Gasteiger partial charge in [0.2, 0.25) is 0 Å². The van der Waals surface area contributed by atoms with Crippen LogP contribution in [0.5, 0.6) is 0 Å². The van der Waals surface area contributed by atoms with Gasteiger partial charge < -0.3 is 9.72 Å². The summed E-state index contributed by atoms with van der Waals surface area (Å²) in [5, 5.41) is 7.00. The summed E-state index contributed by atoms with van der Waals surface area (Å²) in [4.78, 5) is 25.2. The number of amides is 1. The molecule has 5 aromatic rings. The number of hydrogen-bond acceptors (Lipinski definition) is 5. The van der Waals surface area contributed by atoms with Crippen LogP contribution >= 0.6 is 11.6 Å². The molecule has 0 bridgehead atoms. The molecule has 4 heterocycles. The van der Waals surface area contributed by atoms with Gasteiger partial charge in [-0.1, -0.05) is 17.7 Å². The molecule has 1 amide bonds. The predicted molar refractivity (Wildman–Crippen MR) is 112 cm³/mol. The average molecular weight is 436 g/mol. The van der Waals surface area contributed by atoms with E-state index in [9.17, 15) is 9.18 Å². The van der Waals surface area contributed by atoms with Crippen LogP contribution in [0, 0.1) is 5.82 Å². The maximum Gasteiger partial charge on any atom is 0.254 e. The molecular weight excluding hydrogens is 421 g/mol. The summed E-state index contributed by atoms with van der Waals surface area (Å²) in [6, 6.07) is 7.23. The molecule has 0 aliphatic heterocycles. The first kappa shape index (κ1) is 19.1. The highest BCUT2D eigenvalue weighted by atomic mass is 35.5. The number of aromatic nitrogens is 6. The lowest BCUT2D eigenvalue weighted by atomic mass is 10.2. The molecule has 1 N–H and O–H groups in total. The van der Waals surface area contributed by atoms with Gasteiger partial charge in [0.15, 0.2) is 5.82 Å². The molecule has 0 saturated carbocycles. The van der Waals surface area contributed by atoms with Crippen LogP contribution in [-0.2, 0) is 13.1 Å². The zero-order chi connectivity index (χ0) is 21.4. The van der Waals surface area contributed by atoms with E-state index < -0.39 is 5.82 Å². The molecule has 4 aromatic heterocycles. The van der Waals surface area contributed by atoms with Crippen molar-refractivity contribution in [3.63, 3.8) is 0 Å². The number of fused-ring (bicyclic) bond motifs is 2. The zero-order valence-corrected chi connectivity index (χ0v) is 16.8. The molecule has 10 heteroatoms. The van der Waals surface area contributed by atoms with Crippen molar-refractivity contribution in [1.82, 2.24) is 34.4 Å². The summed E-state index contributed by atoms with van der Waals surface area (Å²) in [6.07, 6.45) is 9.52. The Labute approximate surface area is 180 Å². The number of hydrogen-bond donors (Lipinski definition) is 1. The van der Waals surface area contributed by atoms with E-state index in [-0.39, 0.29) is 23.0 Å². The Kier molecular flexibility index (Phi) is 4.79. The first-order chi connectivity index (χ1) is 15.1. The molecule has 0 radical (unpaired) electrons. The third-order valence-corrected chi connectivity index (χ3v) is 5.15. The molecular formula is C21H15ClFN7O. The molecule has 0 unspecified atom stereocenters. The fraction of sp³-hybridized carbons (Fsp3) is 0.0952. The second-order valence-corrected chi connectivity index (χ2v) is 7.32. The third-order valence-electron chi connectivity index (χ3n) is 4.86. The molecule has 0 fully saturated rings. The average Bonchev–Trinajstić information content (AvgIpc) is 3.42. The molecule has 0 saturated heterocycles. The van der Waals surface area contributed by atoms with E-state index in [1.54, 1.807) is 29.5 Å². The van der Waals surface area contributed by atoms with Crippen LogP contribution in [0.25, 0.3) is 16.6 Å². The summed E-state index contributed by atoms with van der Waals surface area (Å²) in [7, 11) is 0. The standard InChI is InChI=1S/C21H15ClFN7O/c22-15-3-6-29-12-27-18(20(29)19(15)23)9-26-21(31)14-8-28-30(11-14)10-13-1-2-16-17(7-13)25-5-4-24-16/h1-8,11-12H,9-10H2,(H,26,31). The van der Waals surface area contributed by atoms with Crippen LogP contribution in [0.3, 0.4) is 0 Å². The summed E-state index contributed by atoms with van der Waals surface area (Å²) in [6.45, 7) is 0.538. The number of imidazole rings is 1. The summed E-state index contributed by atoms with van der Waals surface area (Å²) in [5.74, 6) is -0.905. The van der Waals surface area contributed by atoms with Gasteiger partial charge in [-0.25, -0.2) is 9.37 Å². The fourth-order valence-electron chi connectivity index (χ4n) is 3.34. The van der Waals surface area contributed by atoms with Crippen molar-refractivity contribution >= 4 is 34.1 Å². The monoisotopic (exact) mass is 435 g/mol. The quantitative estimate of drug-likeness (QED) is 0.457. The van der Waals surface area contributed by atoms with E-state index in [0.29, 0.717) is 17.8 Å². The Morgan fingerprint density at radius 3 is 2.84 bits per heavy atom. The van der Waals surface area contributed by atoms with Crippen molar-refractivity contribution < 1.29 is 9.18 Å². The van der Waals surface area contributed by atoms with E-state index in [1.165, 1.54) is 23.0 Å². The highest BCUT2D eigenvalue weighted by Gasteiger charge is 2.15.